The van der Waals surface area contributed by atoms with Gasteiger partial charge in [0.1, 0.15) is 12.2 Å². The molecule has 1 aliphatic heterocycles. The summed E-state index contributed by atoms with van der Waals surface area (Å²) in [5, 5.41) is 0. The molecule has 0 bridgehead atoms. The predicted octanol–water partition coefficient (Wildman–Crippen LogP) is 4.65. The van der Waals surface area contributed by atoms with E-state index in [-0.39, 0.29) is 0 Å². The van der Waals surface area contributed by atoms with E-state index in [1.807, 2.05) is 60.7 Å². The number of hydrogen-bond acceptors (Lipinski definition) is 3. The molecule has 5 heteroatoms. The zero-order chi connectivity index (χ0) is 16.5. The number of halogens is 1. The predicted molar refractivity (Wildman–Crippen MR) is 94.6 cm³/mol. The Hall–Kier alpha value is -2.72. The molecule has 3 aromatic rings. The molecule has 0 saturated heterocycles. The number of hydrogen-bond donors (Lipinski definition) is 0. The van der Waals surface area contributed by atoms with Gasteiger partial charge in [-0.15, -0.1) is 0 Å². The van der Waals surface area contributed by atoms with Crippen LogP contribution in [-0.4, -0.2) is 0 Å². The lowest BCUT2D eigenvalue weighted by molar-refractivity contribution is -0.674. The first-order valence-corrected chi connectivity index (χ1v) is 8.14. The molecule has 4 rings (SSSR count). The molecule has 0 spiro atoms. The van der Waals surface area contributed by atoms with Crippen LogP contribution in [0.5, 0.6) is 5.75 Å². The van der Waals surface area contributed by atoms with E-state index in [0.717, 1.165) is 35.0 Å². The van der Waals surface area contributed by atoms with Crippen molar-refractivity contribution >= 4 is 34.6 Å². The zero-order valence-corrected chi connectivity index (χ0v) is 13.9. The quantitative estimate of drug-likeness (QED) is 0.514. The van der Waals surface area contributed by atoms with Gasteiger partial charge in [-0.2, -0.15) is 4.57 Å². The molecule has 0 amide bonds. The first-order valence-electron chi connectivity index (χ1n) is 7.80. The maximum Gasteiger partial charge on any atom is 0.374 e. The number of allylic oxidation sites excluding steroid dienone is 2. The van der Waals surface area contributed by atoms with Crippen molar-refractivity contribution in [2.45, 2.75) is 13.5 Å². The number of ether oxygens (including phenoxy) is 1. The monoisotopic (exact) mass is 339 g/mol. The second kappa shape index (κ2) is 6.06. The molecule has 0 radical (unpaired) electrons. The Morgan fingerprint density at radius 1 is 1.12 bits per heavy atom. The van der Waals surface area contributed by atoms with Crippen LogP contribution in [0.25, 0.3) is 17.2 Å². The van der Waals surface area contributed by atoms with Crippen LogP contribution in [-0.2, 0) is 6.54 Å². The van der Waals surface area contributed by atoms with Crippen molar-refractivity contribution < 1.29 is 13.7 Å². The van der Waals surface area contributed by atoms with Crippen molar-refractivity contribution in [1.29, 1.82) is 0 Å². The summed E-state index contributed by atoms with van der Waals surface area (Å²) in [6, 6.07) is 15.6. The smallest absolute Gasteiger partial charge is 0.374 e. The maximum absolute atomic E-state index is 6.29. The van der Waals surface area contributed by atoms with Gasteiger partial charge in [-0.1, -0.05) is 24.3 Å². The van der Waals surface area contributed by atoms with Gasteiger partial charge in [0.05, 0.1) is 6.08 Å². The number of aromatic nitrogens is 1. The van der Waals surface area contributed by atoms with E-state index in [1.165, 1.54) is 4.42 Å². The molecule has 1 aliphatic rings. The van der Waals surface area contributed by atoms with E-state index in [2.05, 4.69) is 17.6 Å². The summed E-state index contributed by atoms with van der Waals surface area (Å²) in [4.78, 5) is 0. The lowest BCUT2D eigenvalue weighted by Crippen LogP contribution is -2.33. The van der Waals surface area contributed by atoms with Crippen molar-refractivity contribution in [3.63, 3.8) is 0 Å². The highest BCUT2D eigenvalue weighted by Gasteiger charge is 2.24. The average molecular weight is 340 g/mol. The second-order valence-corrected chi connectivity index (χ2v) is 5.70. The minimum Gasteiger partial charge on any atom is -0.437 e. The highest BCUT2D eigenvalue weighted by molar-refractivity contribution is 6.28. The van der Waals surface area contributed by atoms with Gasteiger partial charge in [0, 0.05) is 23.9 Å². The van der Waals surface area contributed by atoms with Crippen molar-refractivity contribution in [1.82, 2.24) is 0 Å². The van der Waals surface area contributed by atoms with E-state index in [0.29, 0.717) is 5.88 Å². The SMILES string of the molecule is CC[n+]1c(/C=C/C=C2/Oc3ccccc3N2Cl)oc2ccccc21. The molecule has 0 N–H and O–H groups in total. The van der Waals surface area contributed by atoms with E-state index in [9.17, 15) is 0 Å². The summed E-state index contributed by atoms with van der Waals surface area (Å²) in [6.45, 7) is 2.92. The fourth-order valence-electron chi connectivity index (χ4n) is 2.79. The average Bonchev–Trinajstić information content (AvgIpc) is 3.13. The summed E-state index contributed by atoms with van der Waals surface area (Å²) >= 11 is 6.29. The van der Waals surface area contributed by atoms with Crippen LogP contribution in [0, 0.1) is 0 Å². The van der Waals surface area contributed by atoms with E-state index < -0.39 is 0 Å². The van der Waals surface area contributed by atoms with Crippen LogP contribution in [0.4, 0.5) is 5.69 Å². The van der Waals surface area contributed by atoms with Crippen LogP contribution in [0.3, 0.4) is 0 Å². The number of rotatable bonds is 3. The normalized spacial score (nSPS) is 15.4. The maximum atomic E-state index is 6.29. The third kappa shape index (κ3) is 2.45. The molecule has 0 unspecified atom stereocenters. The lowest BCUT2D eigenvalue weighted by Gasteiger charge is -2.05. The fraction of sp³-hybridized carbons (Fsp3) is 0.105. The van der Waals surface area contributed by atoms with Gasteiger partial charge >= 0.3 is 5.89 Å². The third-order valence-corrected chi connectivity index (χ3v) is 4.26. The number of aryl methyl sites for hydroxylation is 1. The van der Waals surface area contributed by atoms with Crippen molar-refractivity contribution in [3.8, 4) is 5.75 Å². The molecule has 0 saturated carbocycles. The third-order valence-electron chi connectivity index (χ3n) is 3.92. The van der Waals surface area contributed by atoms with Gasteiger partial charge in [-0.3, -0.25) is 0 Å². The molecule has 2 heterocycles. The summed E-state index contributed by atoms with van der Waals surface area (Å²) < 4.78 is 15.3. The number of anilines is 1. The standard InChI is InChI=1S/C19H16ClN2O2/c1-2-21-14-8-3-5-10-16(14)23-18(21)12-7-13-19-22(20)15-9-4-6-11-17(15)24-19/h3-13H,2H2,1H3/q+1. The number of fused-ring (bicyclic) bond motifs is 2. The van der Waals surface area contributed by atoms with Crippen LogP contribution >= 0.6 is 11.8 Å². The highest BCUT2D eigenvalue weighted by atomic mass is 35.5. The Kier molecular flexibility index (Phi) is 3.75. The Morgan fingerprint density at radius 3 is 2.75 bits per heavy atom. The molecule has 2 aromatic carbocycles. The van der Waals surface area contributed by atoms with Gasteiger partial charge in [0.15, 0.2) is 5.75 Å². The van der Waals surface area contributed by atoms with Crippen LogP contribution < -0.4 is 13.7 Å². The molecular weight excluding hydrogens is 324 g/mol. The van der Waals surface area contributed by atoms with E-state index in [1.54, 1.807) is 0 Å². The molecular formula is C19H16ClN2O2+. The number of para-hydroxylation sites is 4. The molecule has 0 atom stereocenters. The molecule has 24 heavy (non-hydrogen) atoms. The van der Waals surface area contributed by atoms with Gasteiger partial charge in [0.25, 0.3) is 5.52 Å². The molecule has 120 valence electrons. The van der Waals surface area contributed by atoms with Gasteiger partial charge < -0.3 is 9.15 Å². The Labute approximate surface area is 144 Å². The van der Waals surface area contributed by atoms with Crippen molar-refractivity contribution in [3.05, 3.63) is 72.5 Å². The minimum absolute atomic E-state index is 0.563. The van der Waals surface area contributed by atoms with E-state index >= 15 is 0 Å². The Morgan fingerprint density at radius 2 is 1.92 bits per heavy atom. The number of oxazole rings is 1. The van der Waals surface area contributed by atoms with Gasteiger partial charge in [-0.25, -0.2) is 4.42 Å². The highest BCUT2D eigenvalue weighted by Crippen LogP contribution is 2.39. The van der Waals surface area contributed by atoms with Crippen LogP contribution in [0.2, 0.25) is 0 Å². The Bertz CT molecular complexity index is 959. The minimum atomic E-state index is 0.563. The largest absolute Gasteiger partial charge is 0.437 e. The lowest BCUT2D eigenvalue weighted by atomic mass is 10.3. The van der Waals surface area contributed by atoms with Crippen molar-refractivity contribution in [2.75, 3.05) is 4.42 Å². The number of nitrogens with zero attached hydrogens (tertiary/aromatic N) is 2. The first kappa shape index (κ1) is 14.8. The van der Waals surface area contributed by atoms with Crippen LogP contribution in [0.15, 0.2) is 71.0 Å². The summed E-state index contributed by atoms with van der Waals surface area (Å²) in [7, 11) is 0. The topological polar surface area (TPSA) is 29.5 Å². The van der Waals surface area contributed by atoms with Gasteiger partial charge in [-0.05, 0) is 31.2 Å². The first-order chi connectivity index (χ1) is 11.8. The molecule has 0 fully saturated rings. The molecule has 0 aliphatic carbocycles. The van der Waals surface area contributed by atoms with E-state index in [4.69, 9.17) is 20.9 Å². The van der Waals surface area contributed by atoms with Crippen LogP contribution in [0.1, 0.15) is 12.8 Å². The van der Waals surface area contributed by atoms with Crippen molar-refractivity contribution in [2.24, 2.45) is 0 Å². The van der Waals surface area contributed by atoms with Gasteiger partial charge in [0.2, 0.25) is 11.5 Å². The Balaban J connectivity index is 1.63. The summed E-state index contributed by atoms with van der Waals surface area (Å²) in [5.74, 6) is 2.10. The zero-order valence-electron chi connectivity index (χ0n) is 13.1. The summed E-state index contributed by atoms with van der Waals surface area (Å²) in [6.07, 6.45) is 5.61. The molecule has 4 nitrogen and oxygen atoms in total. The molecule has 1 aromatic heterocycles. The second-order valence-electron chi connectivity index (χ2n) is 5.37. The summed E-state index contributed by atoms with van der Waals surface area (Å²) in [5.41, 5.74) is 2.79. The number of benzene rings is 2. The fourth-order valence-corrected chi connectivity index (χ4v) is 3.02.